The van der Waals surface area contributed by atoms with Crippen molar-refractivity contribution < 1.29 is 43.2 Å². The molecule has 3 N–H and O–H groups in total. The maximum absolute atomic E-state index is 13.9. The van der Waals surface area contributed by atoms with Crippen molar-refractivity contribution in [3.63, 3.8) is 0 Å². The van der Waals surface area contributed by atoms with E-state index in [0.717, 1.165) is 16.7 Å². The lowest BCUT2D eigenvalue weighted by Crippen LogP contribution is -2.59. The van der Waals surface area contributed by atoms with Gasteiger partial charge in [0.1, 0.15) is 24.6 Å². The molecule has 2 aromatic rings. The van der Waals surface area contributed by atoms with Crippen molar-refractivity contribution in [1.29, 1.82) is 0 Å². The van der Waals surface area contributed by atoms with Gasteiger partial charge < -0.3 is 44.3 Å². The van der Waals surface area contributed by atoms with Crippen LogP contribution in [0.5, 0.6) is 5.75 Å². The number of rotatable bonds is 10. The maximum Gasteiger partial charge on any atom is 0.407 e. The number of carbonyl (C=O) groups excluding carboxylic acids is 3. The fourth-order valence-corrected chi connectivity index (χ4v) is 6.32. The monoisotopic (exact) mass is 625 g/mol. The Labute approximate surface area is 263 Å². The van der Waals surface area contributed by atoms with Gasteiger partial charge in [-0.3, -0.25) is 9.59 Å². The summed E-state index contributed by atoms with van der Waals surface area (Å²) in [6.45, 7) is 8.19. The number of methoxy groups -OCH3 is 1. The maximum atomic E-state index is 13.9. The molecule has 2 aromatic carbocycles. The Kier molecular flexibility index (Phi) is 9.97. The SMILES string of the molecule is COc1cccc(C[C@H](NC(=O)O[C@@H]2CO[C@@H]3OCC[C@@H]32)[C@H](O)C(=O)N2COC(C)(C)[C@@H]2C(=O)NCc2c(C)cccc2C)c1. The summed E-state index contributed by atoms with van der Waals surface area (Å²) < 4.78 is 28.0. The molecule has 3 amide bonds. The highest BCUT2D eigenvalue weighted by molar-refractivity contribution is 5.91. The van der Waals surface area contributed by atoms with Crippen LogP contribution in [0.3, 0.4) is 0 Å². The third-order valence-electron chi connectivity index (χ3n) is 8.93. The lowest BCUT2D eigenvalue weighted by molar-refractivity contribution is -0.147. The summed E-state index contributed by atoms with van der Waals surface area (Å²) >= 11 is 0. The lowest BCUT2D eigenvalue weighted by atomic mass is 9.95. The second-order valence-electron chi connectivity index (χ2n) is 12.4. The van der Waals surface area contributed by atoms with Gasteiger partial charge in [-0.15, -0.1) is 0 Å². The summed E-state index contributed by atoms with van der Waals surface area (Å²) in [7, 11) is 1.54. The number of hydrogen-bond donors (Lipinski definition) is 3. The highest BCUT2D eigenvalue weighted by atomic mass is 16.7. The first-order valence-electron chi connectivity index (χ1n) is 15.3. The van der Waals surface area contributed by atoms with E-state index in [1.807, 2.05) is 32.0 Å². The Balaban J connectivity index is 1.32. The smallest absolute Gasteiger partial charge is 0.407 e. The van der Waals surface area contributed by atoms with Crippen molar-refractivity contribution in [1.82, 2.24) is 15.5 Å². The average Bonchev–Trinajstić information content (AvgIpc) is 3.71. The van der Waals surface area contributed by atoms with E-state index in [1.54, 1.807) is 38.1 Å². The minimum absolute atomic E-state index is 0.0779. The molecule has 5 rings (SSSR count). The lowest BCUT2D eigenvalue weighted by Gasteiger charge is -2.32. The van der Waals surface area contributed by atoms with Gasteiger partial charge >= 0.3 is 6.09 Å². The highest BCUT2D eigenvalue weighted by Gasteiger charge is 2.50. The molecule has 244 valence electrons. The van der Waals surface area contributed by atoms with Gasteiger partial charge in [-0.25, -0.2) is 4.79 Å². The molecule has 45 heavy (non-hydrogen) atoms. The number of fused-ring (bicyclic) bond motifs is 1. The van der Waals surface area contributed by atoms with Crippen molar-refractivity contribution in [3.05, 3.63) is 64.7 Å². The second-order valence-corrected chi connectivity index (χ2v) is 12.4. The Hall–Kier alpha value is -3.71. The number of ether oxygens (including phenoxy) is 5. The van der Waals surface area contributed by atoms with Gasteiger partial charge in [0.2, 0.25) is 5.91 Å². The molecule has 0 unspecified atom stereocenters. The fraction of sp³-hybridized carbons (Fsp3) is 0.545. The highest BCUT2D eigenvalue weighted by Crippen LogP contribution is 2.33. The number of amides is 3. The molecule has 3 heterocycles. The molecule has 3 aliphatic rings. The molecule has 0 radical (unpaired) electrons. The molecule has 12 nitrogen and oxygen atoms in total. The predicted octanol–water partition coefficient (Wildman–Crippen LogP) is 2.35. The normalized spacial score (nSPS) is 24.9. The summed E-state index contributed by atoms with van der Waals surface area (Å²) in [6.07, 6.45) is -2.65. The largest absolute Gasteiger partial charge is 0.497 e. The van der Waals surface area contributed by atoms with E-state index in [9.17, 15) is 19.5 Å². The van der Waals surface area contributed by atoms with Crippen LogP contribution in [0.2, 0.25) is 0 Å². The molecular weight excluding hydrogens is 582 g/mol. The van der Waals surface area contributed by atoms with Gasteiger partial charge in [0.15, 0.2) is 12.4 Å². The molecular formula is C33H43N3O9. The first kappa shape index (κ1) is 32.7. The Bertz CT molecular complexity index is 1380. The van der Waals surface area contributed by atoms with Crippen LogP contribution >= 0.6 is 0 Å². The van der Waals surface area contributed by atoms with Crippen molar-refractivity contribution in [2.75, 3.05) is 27.1 Å². The topological polar surface area (TPSA) is 145 Å². The van der Waals surface area contributed by atoms with Crippen LogP contribution < -0.4 is 15.4 Å². The second kappa shape index (κ2) is 13.7. The Morgan fingerprint density at radius 2 is 1.84 bits per heavy atom. The molecule has 6 atom stereocenters. The van der Waals surface area contributed by atoms with Gasteiger partial charge in [-0.1, -0.05) is 30.3 Å². The summed E-state index contributed by atoms with van der Waals surface area (Å²) in [5, 5.41) is 17.2. The molecule has 0 aromatic heterocycles. The first-order valence-corrected chi connectivity index (χ1v) is 15.3. The Morgan fingerprint density at radius 3 is 2.58 bits per heavy atom. The standard InChI is InChI=1S/C33H43N3O9/c1-19-8-6-9-20(2)24(19)16-34-29(38)28-33(3,4)44-18-36(28)30(39)27(37)25(15-21-10-7-11-22(14-21)41-5)35-32(40)45-26-17-43-31-23(26)12-13-42-31/h6-11,14,23,25-28,31,37H,12-13,15-18H2,1-5H3,(H,34,38)(H,35,40)/t23-,25+,26-,27+,28+,31+/m1/s1. The van der Waals surface area contributed by atoms with Gasteiger partial charge in [-0.05, 0) is 74.9 Å². The van der Waals surface area contributed by atoms with E-state index < -0.39 is 54.1 Å². The van der Waals surface area contributed by atoms with Crippen molar-refractivity contribution in [2.45, 2.75) is 83.3 Å². The van der Waals surface area contributed by atoms with Crippen LogP contribution in [-0.4, -0.2) is 91.2 Å². The van der Waals surface area contributed by atoms with Crippen molar-refractivity contribution >= 4 is 17.9 Å². The van der Waals surface area contributed by atoms with E-state index in [4.69, 9.17) is 23.7 Å². The van der Waals surface area contributed by atoms with Gasteiger partial charge in [-0.2, -0.15) is 0 Å². The zero-order valence-electron chi connectivity index (χ0n) is 26.4. The number of alkyl carbamates (subject to hydrolysis) is 1. The van der Waals surface area contributed by atoms with Crippen molar-refractivity contribution in [3.8, 4) is 5.75 Å². The number of nitrogens with zero attached hydrogens (tertiary/aromatic N) is 1. The molecule has 0 saturated carbocycles. The minimum atomic E-state index is -1.72. The minimum Gasteiger partial charge on any atom is -0.497 e. The van der Waals surface area contributed by atoms with Crippen LogP contribution in [0.15, 0.2) is 42.5 Å². The number of nitrogens with one attached hydrogen (secondary N) is 2. The van der Waals surface area contributed by atoms with Crippen LogP contribution in [-0.2, 0) is 41.5 Å². The van der Waals surface area contributed by atoms with E-state index in [0.29, 0.717) is 24.3 Å². The molecule has 3 saturated heterocycles. The molecule has 0 aliphatic carbocycles. The molecule has 3 fully saturated rings. The number of aliphatic hydroxyl groups is 1. The van der Waals surface area contributed by atoms with E-state index in [2.05, 4.69) is 10.6 Å². The quantitative estimate of drug-likeness (QED) is 0.362. The van der Waals surface area contributed by atoms with Crippen LogP contribution in [0.1, 0.15) is 42.5 Å². The number of hydrogen-bond acceptors (Lipinski definition) is 9. The zero-order chi connectivity index (χ0) is 32.3. The van der Waals surface area contributed by atoms with Crippen LogP contribution in [0.25, 0.3) is 0 Å². The summed E-state index contributed by atoms with van der Waals surface area (Å²) in [6, 6.07) is 10.9. The van der Waals surface area contributed by atoms with Crippen LogP contribution in [0, 0.1) is 19.8 Å². The average molecular weight is 626 g/mol. The number of aliphatic hydroxyl groups excluding tert-OH is 1. The van der Waals surface area contributed by atoms with E-state index in [1.165, 1.54) is 12.0 Å². The summed E-state index contributed by atoms with van der Waals surface area (Å²) in [5.41, 5.74) is 2.75. The number of carbonyl (C=O) groups is 3. The van der Waals surface area contributed by atoms with Gasteiger partial charge in [0.25, 0.3) is 5.91 Å². The number of benzene rings is 2. The van der Waals surface area contributed by atoms with Crippen molar-refractivity contribution in [2.24, 2.45) is 5.92 Å². The van der Waals surface area contributed by atoms with E-state index >= 15 is 0 Å². The zero-order valence-corrected chi connectivity index (χ0v) is 26.4. The third kappa shape index (κ3) is 7.25. The molecule has 12 heteroatoms. The summed E-state index contributed by atoms with van der Waals surface area (Å²) in [5.74, 6) is -0.660. The van der Waals surface area contributed by atoms with Gasteiger partial charge in [0, 0.05) is 6.54 Å². The van der Waals surface area contributed by atoms with E-state index in [-0.39, 0.29) is 32.2 Å². The molecule has 0 spiro atoms. The molecule has 3 aliphatic heterocycles. The first-order chi connectivity index (χ1) is 21.5. The van der Waals surface area contributed by atoms with Crippen LogP contribution in [0.4, 0.5) is 4.79 Å². The number of aryl methyl sites for hydroxylation is 2. The molecule has 0 bridgehead atoms. The predicted molar refractivity (Wildman–Crippen MR) is 162 cm³/mol. The van der Waals surface area contributed by atoms with Gasteiger partial charge in [0.05, 0.1) is 37.9 Å². The summed E-state index contributed by atoms with van der Waals surface area (Å²) in [4.78, 5) is 41.9. The Morgan fingerprint density at radius 1 is 1.11 bits per heavy atom. The third-order valence-corrected chi connectivity index (χ3v) is 8.93. The fourth-order valence-electron chi connectivity index (χ4n) is 6.32.